The van der Waals surface area contributed by atoms with Crippen LogP contribution < -0.4 is 5.32 Å². The van der Waals surface area contributed by atoms with E-state index in [2.05, 4.69) is 36.1 Å². The van der Waals surface area contributed by atoms with Crippen molar-refractivity contribution in [1.82, 2.24) is 9.97 Å². The summed E-state index contributed by atoms with van der Waals surface area (Å²) in [5.74, 6) is 0.834. The lowest BCUT2D eigenvalue weighted by Crippen LogP contribution is -2.14. The Morgan fingerprint density at radius 2 is 2.14 bits per heavy atom. The van der Waals surface area contributed by atoms with Crippen LogP contribution in [0.5, 0.6) is 0 Å². The van der Waals surface area contributed by atoms with Gasteiger partial charge in [-0.2, -0.15) is 0 Å². The van der Waals surface area contributed by atoms with E-state index in [4.69, 9.17) is 0 Å². The Hall–Kier alpha value is -1.88. The number of aromatic nitrogens is 2. The van der Waals surface area contributed by atoms with E-state index in [0.29, 0.717) is 12.8 Å². The van der Waals surface area contributed by atoms with Crippen LogP contribution in [-0.4, -0.2) is 27.1 Å². The molecular formula is C16H23N3O2. The number of imidazole rings is 1. The van der Waals surface area contributed by atoms with E-state index in [0.717, 1.165) is 22.5 Å². The maximum absolute atomic E-state index is 11.8. The van der Waals surface area contributed by atoms with Crippen LogP contribution in [0.2, 0.25) is 0 Å². The molecule has 1 atom stereocenters. The highest BCUT2D eigenvalue weighted by atomic mass is 16.3. The number of aliphatic hydroxyl groups is 1. The number of anilines is 1. The van der Waals surface area contributed by atoms with E-state index in [9.17, 15) is 9.90 Å². The monoisotopic (exact) mass is 289 g/mol. The van der Waals surface area contributed by atoms with Crippen LogP contribution >= 0.6 is 0 Å². The molecule has 0 bridgehead atoms. The van der Waals surface area contributed by atoms with Crippen LogP contribution in [0.15, 0.2) is 18.2 Å². The molecule has 5 heteroatoms. The number of hydrogen-bond acceptors (Lipinski definition) is 3. The number of nitrogens with zero attached hydrogens (tertiary/aromatic N) is 1. The second-order valence-electron chi connectivity index (χ2n) is 6.50. The molecule has 2 rings (SSSR count). The summed E-state index contributed by atoms with van der Waals surface area (Å²) in [6.45, 7) is 7.98. The number of amides is 1. The van der Waals surface area contributed by atoms with Crippen molar-refractivity contribution >= 4 is 22.6 Å². The van der Waals surface area contributed by atoms with Gasteiger partial charge < -0.3 is 15.4 Å². The minimum absolute atomic E-state index is 0.0420. The fourth-order valence-electron chi connectivity index (χ4n) is 2.01. The second-order valence-corrected chi connectivity index (χ2v) is 6.50. The molecule has 1 unspecified atom stereocenters. The van der Waals surface area contributed by atoms with Gasteiger partial charge in [-0.15, -0.1) is 0 Å². The van der Waals surface area contributed by atoms with Gasteiger partial charge in [-0.25, -0.2) is 4.98 Å². The van der Waals surface area contributed by atoms with Gasteiger partial charge >= 0.3 is 0 Å². The number of carbonyl (C=O) groups excluding carboxylic acids is 1. The van der Waals surface area contributed by atoms with Gasteiger partial charge in [-0.05, 0) is 31.5 Å². The summed E-state index contributed by atoms with van der Waals surface area (Å²) in [5.41, 5.74) is 2.50. The van der Waals surface area contributed by atoms with Gasteiger partial charge in [0.15, 0.2) is 0 Å². The summed E-state index contributed by atoms with van der Waals surface area (Å²) >= 11 is 0. The quantitative estimate of drug-likeness (QED) is 0.809. The summed E-state index contributed by atoms with van der Waals surface area (Å²) in [4.78, 5) is 19.6. The average Bonchev–Trinajstić information content (AvgIpc) is 2.79. The van der Waals surface area contributed by atoms with Gasteiger partial charge in [0, 0.05) is 17.5 Å². The molecule has 0 aliphatic rings. The first-order valence-electron chi connectivity index (χ1n) is 7.24. The Balaban J connectivity index is 2.13. The molecule has 0 fully saturated rings. The van der Waals surface area contributed by atoms with Crippen molar-refractivity contribution in [2.75, 3.05) is 5.32 Å². The molecule has 0 aliphatic heterocycles. The van der Waals surface area contributed by atoms with Gasteiger partial charge in [-0.3, -0.25) is 4.79 Å². The molecule has 114 valence electrons. The Morgan fingerprint density at radius 3 is 2.76 bits per heavy atom. The fraction of sp³-hybridized carbons (Fsp3) is 0.500. The molecule has 2 aromatic rings. The molecule has 5 nitrogen and oxygen atoms in total. The van der Waals surface area contributed by atoms with Crippen molar-refractivity contribution in [2.45, 2.75) is 52.1 Å². The number of hydrogen-bond donors (Lipinski definition) is 3. The Kier molecular flexibility index (Phi) is 4.32. The van der Waals surface area contributed by atoms with Crippen molar-refractivity contribution in [2.24, 2.45) is 0 Å². The number of rotatable bonds is 4. The molecule has 0 radical (unpaired) electrons. The van der Waals surface area contributed by atoms with E-state index in [1.54, 1.807) is 6.92 Å². The van der Waals surface area contributed by atoms with Gasteiger partial charge in [0.25, 0.3) is 0 Å². The first-order valence-corrected chi connectivity index (χ1v) is 7.24. The summed E-state index contributed by atoms with van der Waals surface area (Å²) in [5, 5.41) is 12.0. The van der Waals surface area contributed by atoms with Crippen molar-refractivity contribution in [3.63, 3.8) is 0 Å². The van der Waals surface area contributed by atoms with Gasteiger partial charge in [0.2, 0.25) is 5.91 Å². The smallest absolute Gasteiger partial charge is 0.224 e. The zero-order chi connectivity index (χ0) is 15.6. The molecule has 1 aromatic carbocycles. The third kappa shape index (κ3) is 4.04. The third-order valence-electron chi connectivity index (χ3n) is 3.27. The molecule has 21 heavy (non-hydrogen) atoms. The Labute approximate surface area is 124 Å². The van der Waals surface area contributed by atoms with E-state index in [-0.39, 0.29) is 11.3 Å². The third-order valence-corrected chi connectivity index (χ3v) is 3.27. The highest BCUT2D eigenvalue weighted by Gasteiger charge is 2.18. The predicted molar refractivity (Wildman–Crippen MR) is 84.3 cm³/mol. The van der Waals surface area contributed by atoms with Gasteiger partial charge in [0.05, 0.1) is 17.1 Å². The van der Waals surface area contributed by atoms with Crippen LogP contribution in [0.25, 0.3) is 11.0 Å². The second kappa shape index (κ2) is 5.85. The molecular weight excluding hydrogens is 266 g/mol. The van der Waals surface area contributed by atoms with Crippen molar-refractivity contribution < 1.29 is 9.90 Å². The lowest BCUT2D eigenvalue weighted by Gasteiger charge is -2.13. The maximum Gasteiger partial charge on any atom is 0.224 e. The van der Waals surface area contributed by atoms with Crippen LogP contribution in [0, 0.1) is 0 Å². The zero-order valence-corrected chi connectivity index (χ0v) is 13.0. The SMILES string of the molecule is CC(O)CCC(=O)Nc1ccc2nc(C(C)(C)C)[nH]c2c1. The van der Waals surface area contributed by atoms with Crippen molar-refractivity contribution in [3.05, 3.63) is 24.0 Å². The Morgan fingerprint density at radius 1 is 1.43 bits per heavy atom. The normalized spacial score (nSPS) is 13.4. The highest BCUT2D eigenvalue weighted by Crippen LogP contribution is 2.24. The van der Waals surface area contributed by atoms with Crippen LogP contribution in [-0.2, 0) is 10.2 Å². The van der Waals surface area contributed by atoms with E-state index in [1.165, 1.54) is 0 Å². The van der Waals surface area contributed by atoms with Gasteiger partial charge in [0.1, 0.15) is 5.82 Å². The van der Waals surface area contributed by atoms with E-state index in [1.807, 2.05) is 18.2 Å². The first kappa shape index (κ1) is 15.5. The number of aliphatic hydroxyl groups excluding tert-OH is 1. The summed E-state index contributed by atoms with van der Waals surface area (Å²) in [6, 6.07) is 5.62. The van der Waals surface area contributed by atoms with Crippen molar-refractivity contribution in [1.29, 1.82) is 0 Å². The molecule has 0 saturated heterocycles. The predicted octanol–water partition coefficient (Wildman–Crippen LogP) is 2.96. The summed E-state index contributed by atoms with van der Waals surface area (Å²) in [6.07, 6.45) is 0.318. The molecule has 0 saturated carbocycles. The van der Waals surface area contributed by atoms with Crippen molar-refractivity contribution in [3.8, 4) is 0 Å². The number of H-pyrrole nitrogens is 1. The lowest BCUT2D eigenvalue weighted by atomic mass is 9.96. The average molecular weight is 289 g/mol. The standard InChI is InChI=1S/C16H23N3O2/c1-10(20)5-8-14(21)17-11-6-7-12-13(9-11)19-15(18-12)16(2,3)4/h6-7,9-10,20H,5,8H2,1-4H3,(H,17,21)(H,18,19). The number of nitrogens with one attached hydrogen (secondary N) is 2. The molecule has 0 aliphatic carbocycles. The van der Waals surface area contributed by atoms with Crippen LogP contribution in [0.1, 0.15) is 46.4 Å². The largest absolute Gasteiger partial charge is 0.393 e. The number of carbonyl (C=O) groups is 1. The summed E-state index contributed by atoms with van der Waals surface area (Å²) in [7, 11) is 0. The molecule has 0 spiro atoms. The van der Waals surface area contributed by atoms with E-state index >= 15 is 0 Å². The molecule has 3 N–H and O–H groups in total. The molecule has 1 amide bonds. The number of aromatic amines is 1. The van der Waals surface area contributed by atoms with Crippen LogP contribution in [0.3, 0.4) is 0 Å². The number of benzene rings is 1. The minimum atomic E-state index is -0.458. The number of fused-ring (bicyclic) bond motifs is 1. The highest BCUT2D eigenvalue weighted by molar-refractivity contribution is 5.93. The van der Waals surface area contributed by atoms with Gasteiger partial charge in [-0.1, -0.05) is 20.8 Å². The maximum atomic E-state index is 11.8. The Bertz CT molecular complexity index is 638. The lowest BCUT2D eigenvalue weighted by molar-refractivity contribution is -0.116. The fourth-order valence-corrected chi connectivity index (χ4v) is 2.01. The minimum Gasteiger partial charge on any atom is -0.393 e. The zero-order valence-electron chi connectivity index (χ0n) is 13.0. The topological polar surface area (TPSA) is 78.0 Å². The molecule has 1 aromatic heterocycles. The van der Waals surface area contributed by atoms with E-state index < -0.39 is 6.10 Å². The summed E-state index contributed by atoms with van der Waals surface area (Å²) < 4.78 is 0. The molecule has 1 heterocycles. The first-order chi connectivity index (χ1) is 9.75. The van der Waals surface area contributed by atoms with Crippen LogP contribution in [0.4, 0.5) is 5.69 Å².